The zero-order valence-electron chi connectivity index (χ0n) is 12.7. The molecule has 0 aliphatic carbocycles. The number of benzene rings is 1. The number of aliphatic hydroxyl groups is 1. The van der Waals surface area contributed by atoms with Crippen molar-refractivity contribution < 1.29 is 14.3 Å². The Morgan fingerprint density at radius 1 is 1.41 bits per heavy atom. The van der Waals surface area contributed by atoms with Crippen LogP contribution in [0.2, 0.25) is 0 Å². The molecule has 2 aromatic rings. The first-order valence-corrected chi connectivity index (χ1v) is 7.08. The molecule has 0 aliphatic heterocycles. The molecule has 0 radical (unpaired) electrons. The minimum absolute atomic E-state index is 0.116. The summed E-state index contributed by atoms with van der Waals surface area (Å²) in [4.78, 5) is 11.8. The summed E-state index contributed by atoms with van der Waals surface area (Å²) in [6.07, 6.45) is 1.97. The molecule has 1 aromatic carbocycles. The molecule has 0 bridgehead atoms. The molecule has 1 heterocycles. The Labute approximate surface area is 128 Å². The summed E-state index contributed by atoms with van der Waals surface area (Å²) >= 11 is 0. The summed E-state index contributed by atoms with van der Waals surface area (Å²) in [5.41, 5.74) is 0.172. The van der Waals surface area contributed by atoms with Crippen molar-refractivity contribution >= 4 is 5.91 Å². The number of halogens is 1. The number of para-hydroxylation sites is 1. The predicted molar refractivity (Wildman–Crippen MR) is 81.5 cm³/mol. The van der Waals surface area contributed by atoms with Crippen LogP contribution >= 0.6 is 0 Å². The Hall–Kier alpha value is -2.21. The lowest BCUT2D eigenvalue weighted by Gasteiger charge is -2.22. The minimum atomic E-state index is -1.51. The molecule has 22 heavy (non-hydrogen) atoms. The number of hydrogen-bond acceptors (Lipinski definition) is 3. The molecule has 1 atom stereocenters. The molecular formula is C16H20FN3O2. The van der Waals surface area contributed by atoms with Gasteiger partial charge in [-0.15, -0.1) is 0 Å². The molecule has 2 rings (SSSR count). The van der Waals surface area contributed by atoms with Gasteiger partial charge in [-0.1, -0.05) is 18.2 Å². The fraction of sp³-hybridized carbons (Fsp3) is 0.375. The molecule has 1 amide bonds. The zero-order valence-corrected chi connectivity index (χ0v) is 12.7. The number of aromatic nitrogens is 2. The van der Waals surface area contributed by atoms with Gasteiger partial charge in [-0.25, -0.2) is 9.07 Å². The van der Waals surface area contributed by atoms with Crippen LogP contribution in [0.3, 0.4) is 0 Å². The van der Waals surface area contributed by atoms with E-state index in [2.05, 4.69) is 10.4 Å². The molecule has 2 N–H and O–H groups in total. The Kier molecular flexibility index (Phi) is 4.92. The summed E-state index contributed by atoms with van der Waals surface area (Å²) in [6.45, 7) is 2.52. The number of alkyl halides is 1. The van der Waals surface area contributed by atoms with E-state index in [9.17, 15) is 14.3 Å². The maximum Gasteiger partial charge on any atom is 0.224 e. The second-order valence-electron chi connectivity index (χ2n) is 5.73. The third-order valence-electron chi connectivity index (χ3n) is 3.27. The predicted octanol–water partition coefficient (Wildman–Crippen LogP) is 1.64. The number of carbonyl (C=O) groups is 1. The van der Waals surface area contributed by atoms with Crippen LogP contribution < -0.4 is 5.32 Å². The van der Waals surface area contributed by atoms with Crippen molar-refractivity contribution in [1.29, 1.82) is 0 Å². The summed E-state index contributed by atoms with van der Waals surface area (Å²) < 4.78 is 15.2. The average molecular weight is 305 g/mol. The molecule has 1 aromatic heterocycles. The van der Waals surface area contributed by atoms with Crippen molar-refractivity contribution in [2.75, 3.05) is 6.54 Å². The van der Waals surface area contributed by atoms with Crippen molar-refractivity contribution in [2.45, 2.75) is 32.0 Å². The fourth-order valence-electron chi connectivity index (χ4n) is 1.87. The zero-order chi connectivity index (χ0) is 16.2. The van der Waals surface area contributed by atoms with E-state index in [1.807, 2.05) is 30.3 Å². The maximum absolute atomic E-state index is 13.6. The number of rotatable bonds is 6. The molecule has 118 valence electrons. The first-order chi connectivity index (χ1) is 10.4. The first-order valence-electron chi connectivity index (χ1n) is 7.08. The van der Waals surface area contributed by atoms with E-state index in [-0.39, 0.29) is 18.9 Å². The second-order valence-corrected chi connectivity index (χ2v) is 5.73. The van der Waals surface area contributed by atoms with Crippen LogP contribution in [0.4, 0.5) is 4.39 Å². The van der Waals surface area contributed by atoms with Crippen molar-refractivity contribution in [3.63, 3.8) is 0 Å². The third-order valence-corrected chi connectivity index (χ3v) is 3.27. The van der Waals surface area contributed by atoms with E-state index in [0.29, 0.717) is 0 Å². The van der Waals surface area contributed by atoms with Gasteiger partial charge in [0, 0.05) is 6.20 Å². The monoisotopic (exact) mass is 305 g/mol. The van der Waals surface area contributed by atoms with Gasteiger partial charge in [0.05, 0.1) is 30.5 Å². The number of nitrogens with zero attached hydrogens (tertiary/aromatic N) is 2. The molecular weight excluding hydrogens is 285 g/mol. The highest BCUT2D eigenvalue weighted by Crippen LogP contribution is 2.11. The Morgan fingerprint density at radius 3 is 2.73 bits per heavy atom. The summed E-state index contributed by atoms with van der Waals surface area (Å²) in [6, 6.07) is 9.54. The first kappa shape index (κ1) is 16.2. The van der Waals surface area contributed by atoms with Crippen molar-refractivity contribution in [3.8, 4) is 5.69 Å². The number of amides is 1. The lowest BCUT2D eigenvalue weighted by molar-refractivity contribution is -0.121. The highest BCUT2D eigenvalue weighted by Gasteiger charge is 2.26. The van der Waals surface area contributed by atoms with Crippen LogP contribution in [0.25, 0.3) is 5.69 Å². The van der Waals surface area contributed by atoms with Crippen LogP contribution in [0.5, 0.6) is 0 Å². The third kappa shape index (κ3) is 4.39. The van der Waals surface area contributed by atoms with Crippen LogP contribution in [0, 0.1) is 0 Å². The molecule has 0 saturated heterocycles. The van der Waals surface area contributed by atoms with Crippen molar-refractivity contribution in [2.24, 2.45) is 0 Å². The number of hydrogen-bond donors (Lipinski definition) is 2. The van der Waals surface area contributed by atoms with Gasteiger partial charge in [0.25, 0.3) is 0 Å². The van der Waals surface area contributed by atoms with Crippen LogP contribution in [-0.4, -0.2) is 39.1 Å². The summed E-state index contributed by atoms with van der Waals surface area (Å²) in [5.74, 6) is -0.306. The Balaban J connectivity index is 1.89. The molecule has 0 spiro atoms. The highest BCUT2D eigenvalue weighted by atomic mass is 19.1. The van der Waals surface area contributed by atoms with E-state index in [1.165, 1.54) is 13.8 Å². The van der Waals surface area contributed by atoms with Gasteiger partial charge in [0.2, 0.25) is 5.91 Å². The van der Waals surface area contributed by atoms with Crippen LogP contribution in [0.15, 0.2) is 42.7 Å². The van der Waals surface area contributed by atoms with E-state index in [4.69, 9.17) is 0 Å². The van der Waals surface area contributed by atoms with Gasteiger partial charge in [-0.05, 0) is 31.5 Å². The van der Waals surface area contributed by atoms with Gasteiger partial charge in [0.1, 0.15) is 6.17 Å². The van der Waals surface area contributed by atoms with E-state index >= 15 is 0 Å². The molecule has 5 nitrogen and oxygen atoms in total. The van der Waals surface area contributed by atoms with Crippen molar-refractivity contribution in [3.05, 3.63) is 48.3 Å². The van der Waals surface area contributed by atoms with E-state index in [1.54, 1.807) is 17.1 Å². The number of nitrogens with one attached hydrogen (secondary N) is 1. The Bertz CT molecular complexity index is 620. The van der Waals surface area contributed by atoms with Crippen LogP contribution in [-0.2, 0) is 11.2 Å². The van der Waals surface area contributed by atoms with Gasteiger partial charge >= 0.3 is 0 Å². The van der Waals surface area contributed by atoms with Gasteiger partial charge in [0.15, 0.2) is 0 Å². The highest BCUT2D eigenvalue weighted by molar-refractivity contribution is 5.78. The van der Waals surface area contributed by atoms with Gasteiger partial charge in [-0.3, -0.25) is 4.79 Å². The summed E-state index contributed by atoms with van der Waals surface area (Å²) in [5, 5.41) is 16.2. The Morgan fingerprint density at radius 2 is 2.09 bits per heavy atom. The lowest BCUT2D eigenvalue weighted by Crippen LogP contribution is -2.42. The van der Waals surface area contributed by atoms with Gasteiger partial charge in [-0.2, -0.15) is 5.10 Å². The van der Waals surface area contributed by atoms with Crippen molar-refractivity contribution in [1.82, 2.24) is 15.1 Å². The van der Waals surface area contributed by atoms with Gasteiger partial charge < -0.3 is 10.4 Å². The fourth-order valence-corrected chi connectivity index (χ4v) is 1.87. The number of carbonyl (C=O) groups excluding carboxylic acids is 1. The SMILES string of the molecule is CC(C)(O)[C@H](F)CNC(=O)Cc1cnn(-c2ccccc2)c1. The second kappa shape index (κ2) is 6.70. The summed E-state index contributed by atoms with van der Waals surface area (Å²) in [7, 11) is 0. The quantitative estimate of drug-likeness (QED) is 0.852. The maximum atomic E-state index is 13.6. The normalized spacial score (nSPS) is 12.9. The molecule has 0 saturated carbocycles. The topological polar surface area (TPSA) is 67.2 Å². The minimum Gasteiger partial charge on any atom is -0.387 e. The lowest BCUT2D eigenvalue weighted by atomic mass is 10.0. The standard InChI is InChI=1S/C16H20FN3O2/c1-16(2,22)14(17)10-18-15(21)8-12-9-19-20(11-12)13-6-4-3-5-7-13/h3-7,9,11,14,22H,8,10H2,1-2H3,(H,18,21)/t14-/m1/s1. The van der Waals surface area contributed by atoms with Crippen LogP contribution in [0.1, 0.15) is 19.4 Å². The largest absolute Gasteiger partial charge is 0.387 e. The van der Waals surface area contributed by atoms with E-state index in [0.717, 1.165) is 11.3 Å². The van der Waals surface area contributed by atoms with E-state index < -0.39 is 11.8 Å². The smallest absolute Gasteiger partial charge is 0.224 e. The average Bonchev–Trinajstić information content (AvgIpc) is 2.93. The molecule has 0 unspecified atom stereocenters. The molecule has 0 aliphatic rings. The molecule has 0 fully saturated rings. The molecule has 6 heteroatoms.